The Morgan fingerprint density at radius 2 is 2.40 bits per heavy atom. The Hall–Kier alpha value is -0.770. The smallest absolute Gasteiger partial charge is 0.424 e. The van der Waals surface area contributed by atoms with Crippen molar-refractivity contribution in [2.24, 2.45) is 11.8 Å². The van der Waals surface area contributed by atoms with Crippen molar-refractivity contribution in [3.8, 4) is 0 Å². The lowest BCUT2D eigenvalue weighted by Gasteiger charge is -2.10. The zero-order chi connectivity index (χ0) is 7.72. The van der Waals surface area contributed by atoms with Gasteiger partial charge in [-0.1, -0.05) is 13.8 Å². The summed E-state index contributed by atoms with van der Waals surface area (Å²) in [4.78, 5) is 10.7. The molecule has 0 aromatic heterocycles. The average Bonchev–Trinajstić information content (AvgIpc) is 2.13. The van der Waals surface area contributed by atoms with Crippen LogP contribution in [-0.2, 0) is 4.74 Å². The maximum atomic E-state index is 10.7. The van der Waals surface area contributed by atoms with Crippen molar-refractivity contribution in [1.29, 1.82) is 0 Å². The van der Waals surface area contributed by atoms with Gasteiger partial charge in [-0.15, -0.1) is 0 Å². The number of carbonyl (C=O) groups is 1. The van der Waals surface area contributed by atoms with Gasteiger partial charge < -0.3 is 4.74 Å². The lowest BCUT2D eigenvalue weighted by molar-refractivity contribution is 0.112. The van der Waals surface area contributed by atoms with Gasteiger partial charge in [-0.25, -0.2) is 15.6 Å². The number of ether oxygens (including phenoxy) is 1. The van der Waals surface area contributed by atoms with Crippen LogP contribution < -0.4 is 5.84 Å². The van der Waals surface area contributed by atoms with Crippen molar-refractivity contribution in [1.82, 2.24) is 5.01 Å². The van der Waals surface area contributed by atoms with Crippen LogP contribution in [0.25, 0.3) is 0 Å². The van der Waals surface area contributed by atoms with E-state index >= 15 is 0 Å². The topological polar surface area (TPSA) is 55.6 Å². The average molecular weight is 144 g/mol. The maximum absolute atomic E-state index is 10.7. The monoisotopic (exact) mass is 144 g/mol. The number of hydrogen-bond acceptors (Lipinski definition) is 3. The molecular formula is C6H12N2O2. The summed E-state index contributed by atoms with van der Waals surface area (Å²) in [6.07, 6.45) is -0.448. The van der Waals surface area contributed by atoms with E-state index in [0.717, 1.165) is 5.01 Å². The number of hydrogen-bond donors (Lipinski definition) is 1. The SMILES string of the molecule is CC(C)C1CN(N)C(=O)O1. The van der Waals surface area contributed by atoms with Crippen molar-refractivity contribution in [3.05, 3.63) is 0 Å². The van der Waals surface area contributed by atoms with Crippen LogP contribution in [0.5, 0.6) is 0 Å². The van der Waals surface area contributed by atoms with Crippen molar-refractivity contribution < 1.29 is 9.53 Å². The van der Waals surface area contributed by atoms with E-state index in [0.29, 0.717) is 12.5 Å². The van der Waals surface area contributed by atoms with Gasteiger partial charge in [0.2, 0.25) is 0 Å². The normalized spacial score (nSPS) is 25.8. The van der Waals surface area contributed by atoms with Crippen molar-refractivity contribution in [2.45, 2.75) is 20.0 Å². The molecule has 10 heavy (non-hydrogen) atoms. The molecule has 0 spiro atoms. The number of hydrazine groups is 1. The number of nitrogens with zero attached hydrogens (tertiary/aromatic N) is 1. The molecule has 0 aliphatic carbocycles. The van der Waals surface area contributed by atoms with Gasteiger partial charge in [0.1, 0.15) is 6.10 Å². The van der Waals surface area contributed by atoms with E-state index in [2.05, 4.69) is 0 Å². The molecule has 1 amide bonds. The number of cyclic esters (lactones) is 1. The number of rotatable bonds is 1. The van der Waals surface area contributed by atoms with Crippen LogP contribution >= 0.6 is 0 Å². The van der Waals surface area contributed by atoms with E-state index in [-0.39, 0.29) is 6.10 Å². The van der Waals surface area contributed by atoms with Gasteiger partial charge in [0.15, 0.2) is 0 Å². The quantitative estimate of drug-likeness (QED) is 0.426. The summed E-state index contributed by atoms with van der Waals surface area (Å²) in [5.74, 6) is 5.61. The second-order valence-electron chi connectivity index (χ2n) is 2.82. The summed E-state index contributed by atoms with van der Waals surface area (Å²) in [6.45, 7) is 4.50. The van der Waals surface area contributed by atoms with Crippen LogP contribution in [0, 0.1) is 5.92 Å². The highest BCUT2D eigenvalue weighted by molar-refractivity contribution is 5.69. The molecule has 1 fully saturated rings. The van der Waals surface area contributed by atoms with Crippen molar-refractivity contribution >= 4 is 6.09 Å². The highest BCUT2D eigenvalue weighted by Gasteiger charge is 2.30. The Labute approximate surface area is 59.9 Å². The predicted octanol–water partition coefficient (Wildman–Crippen LogP) is 0.337. The van der Waals surface area contributed by atoms with Crippen LogP contribution in [0.3, 0.4) is 0 Å². The predicted molar refractivity (Wildman–Crippen MR) is 36.0 cm³/mol. The minimum atomic E-state index is -0.418. The molecule has 0 aromatic rings. The summed E-state index contributed by atoms with van der Waals surface area (Å²) in [7, 11) is 0. The van der Waals surface area contributed by atoms with E-state index in [1.807, 2.05) is 13.8 Å². The van der Waals surface area contributed by atoms with Gasteiger partial charge in [-0.2, -0.15) is 0 Å². The lowest BCUT2D eigenvalue weighted by Crippen LogP contribution is -2.32. The molecular weight excluding hydrogens is 132 g/mol. The first-order chi connectivity index (χ1) is 4.61. The number of carbonyl (C=O) groups excluding carboxylic acids is 1. The fraction of sp³-hybridized carbons (Fsp3) is 0.833. The molecule has 0 aromatic carbocycles. The molecule has 0 saturated carbocycles. The largest absolute Gasteiger partial charge is 0.443 e. The standard InChI is InChI=1S/C6H12N2O2/c1-4(2)5-3-8(7)6(9)10-5/h4-5H,3,7H2,1-2H3. The van der Waals surface area contributed by atoms with Crippen molar-refractivity contribution in [3.63, 3.8) is 0 Å². The molecule has 4 nitrogen and oxygen atoms in total. The number of nitrogens with two attached hydrogens (primary N) is 1. The fourth-order valence-corrected chi connectivity index (χ4v) is 0.850. The van der Waals surface area contributed by atoms with E-state index in [4.69, 9.17) is 10.6 Å². The highest BCUT2D eigenvalue weighted by Crippen LogP contribution is 2.14. The number of amides is 1. The molecule has 4 heteroatoms. The Kier molecular flexibility index (Phi) is 1.80. The highest BCUT2D eigenvalue weighted by atomic mass is 16.6. The van der Waals surface area contributed by atoms with Gasteiger partial charge >= 0.3 is 6.09 Å². The Morgan fingerprint density at radius 3 is 2.60 bits per heavy atom. The second-order valence-corrected chi connectivity index (χ2v) is 2.82. The first-order valence-electron chi connectivity index (χ1n) is 3.34. The summed E-state index contributed by atoms with van der Waals surface area (Å²) in [5, 5.41) is 1.10. The molecule has 0 radical (unpaired) electrons. The van der Waals surface area contributed by atoms with Crippen LogP contribution in [0.1, 0.15) is 13.8 Å². The van der Waals surface area contributed by atoms with Crippen LogP contribution in [-0.4, -0.2) is 23.8 Å². The molecule has 1 unspecified atom stereocenters. The summed E-state index contributed by atoms with van der Waals surface area (Å²) < 4.78 is 4.90. The maximum Gasteiger partial charge on any atom is 0.424 e. The van der Waals surface area contributed by atoms with Gasteiger partial charge in [-0.05, 0) is 5.92 Å². The Morgan fingerprint density at radius 1 is 1.80 bits per heavy atom. The zero-order valence-electron chi connectivity index (χ0n) is 6.20. The van der Waals surface area contributed by atoms with Crippen LogP contribution in [0.15, 0.2) is 0 Å². The fourth-order valence-electron chi connectivity index (χ4n) is 0.850. The molecule has 1 rings (SSSR count). The first kappa shape index (κ1) is 7.34. The third-order valence-corrected chi connectivity index (χ3v) is 1.61. The lowest BCUT2D eigenvalue weighted by atomic mass is 10.1. The zero-order valence-corrected chi connectivity index (χ0v) is 6.20. The minimum Gasteiger partial charge on any atom is -0.443 e. The third-order valence-electron chi connectivity index (χ3n) is 1.61. The Bertz CT molecular complexity index is 147. The van der Waals surface area contributed by atoms with Crippen LogP contribution in [0.4, 0.5) is 4.79 Å². The van der Waals surface area contributed by atoms with E-state index in [1.54, 1.807) is 0 Å². The summed E-state index contributed by atoms with van der Waals surface area (Å²) >= 11 is 0. The molecule has 1 saturated heterocycles. The van der Waals surface area contributed by atoms with E-state index in [1.165, 1.54) is 0 Å². The van der Waals surface area contributed by atoms with E-state index < -0.39 is 6.09 Å². The summed E-state index contributed by atoms with van der Waals surface area (Å²) in [5.41, 5.74) is 0. The summed E-state index contributed by atoms with van der Waals surface area (Å²) in [6, 6.07) is 0. The van der Waals surface area contributed by atoms with Gasteiger partial charge in [-0.3, -0.25) is 0 Å². The molecule has 1 aliphatic heterocycles. The second kappa shape index (κ2) is 2.46. The third kappa shape index (κ3) is 1.21. The van der Waals surface area contributed by atoms with Crippen LogP contribution in [0.2, 0.25) is 0 Å². The molecule has 1 aliphatic rings. The molecule has 58 valence electrons. The molecule has 0 bridgehead atoms. The minimum absolute atomic E-state index is 0.0301. The molecule has 1 heterocycles. The van der Waals surface area contributed by atoms with E-state index in [9.17, 15) is 4.79 Å². The van der Waals surface area contributed by atoms with Gasteiger partial charge in [0.25, 0.3) is 0 Å². The first-order valence-corrected chi connectivity index (χ1v) is 3.34. The van der Waals surface area contributed by atoms with Gasteiger partial charge in [0, 0.05) is 0 Å². The van der Waals surface area contributed by atoms with Crippen molar-refractivity contribution in [2.75, 3.05) is 6.54 Å². The molecule has 1 atom stereocenters. The van der Waals surface area contributed by atoms with Gasteiger partial charge in [0.05, 0.1) is 6.54 Å². The Balaban J connectivity index is 2.49. The molecule has 2 N–H and O–H groups in total.